The second kappa shape index (κ2) is 10.5. The van der Waals surface area contributed by atoms with E-state index in [1.165, 1.54) is 0 Å². The van der Waals surface area contributed by atoms with Crippen molar-refractivity contribution in [2.45, 2.75) is 25.3 Å². The average molecular weight is 343 g/mol. The number of benzene rings is 1. The van der Waals surface area contributed by atoms with Crippen LogP contribution in [-0.2, 0) is 4.74 Å². The zero-order valence-corrected chi connectivity index (χ0v) is 14.7. The number of methoxy groups -OCH3 is 1. The quantitative estimate of drug-likeness (QED) is 0.773. The zero-order chi connectivity index (χ0) is 15.8. The molecule has 1 aliphatic rings. The number of ether oxygens (including phenoxy) is 2. The lowest BCUT2D eigenvalue weighted by Crippen LogP contribution is -2.46. The lowest BCUT2D eigenvalue weighted by Gasteiger charge is -2.32. The van der Waals surface area contributed by atoms with Gasteiger partial charge in [0.25, 0.3) is 5.91 Å². The summed E-state index contributed by atoms with van der Waals surface area (Å²) in [5, 5.41) is 3.26. The SMILES string of the molecule is CNC1CCCN(C(=O)c2cccc(OCCCOC)c2)C1.Cl. The van der Waals surface area contributed by atoms with Crippen LogP contribution in [0.4, 0.5) is 0 Å². The Bertz CT molecular complexity index is 485. The summed E-state index contributed by atoms with van der Waals surface area (Å²) in [7, 11) is 3.63. The first-order valence-corrected chi connectivity index (χ1v) is 7.93. The summed E-state index contributed by atoms with van der Waals surface area (Å²) in [4.78, 5) is 14.5. The normalized spacial score (nSPS) is 17.5. The third-order valence-electron chi connectivity index (χ3n) is 3.96. The number of carbonyl (C=O) groups excluding carboxylic acids is 1. The highest BCUT2D eigenvalue weighted by Gasteiger charge is 2.23. The van der Waals surface area contributed by atoms with Gasteiger partial charge in [0.05, 0.1) is 6.61 Å². The van der Waals surface area contributed by atoms with Crippen molar-refractivity contribution in [3.8, 4) is 5.75 Å². The fourth-order valence-electron chi connectivity index (χ4n) is 2.69. The van der Waals surface area contributed by atoms with Gasteiger partial charge in [0, 0.05) is 44.8 Å². The molecule has 1 unspecified atom stereocenters. The van der Waals surface area contributed by atoms with Crippen LogP contribution in [-0.4, -0.2) is 57.3 Å². The van der Waals surface area contributed by atoms with Gasteiger partial charge in [0.2, 0.25) is 0 Å². The van der Waals surface area contributed by atoms with E-state index in [4.69, 9.17) is 9.47 Å². The molecule has 0 saturated carbocycles. The molecule has 0 aliphatic carbocycles. The van der Waals surface area contributed by atoms with E-state index in [-0.39, 0.29) is 18.3 Å². The minimum Gasteiger partial charge on any atom is -0.493 e. The minimum atomic E-state index is 0. The number of amides is 1. The zero-order valence-electron chi connectivity index (χ0n) is 13.9. The Morgan fingerprint density at radius 2 is 2.22 bits per heavy atom. The summed E-state index contributed by atoms with van der Waals surface area (Å²) >= 11 is 0. The number of rotatable bonds is 7. The average Bonchev–Trinajstić information content (AvgIpc) is 2.58. The van der Waals surface area contributed by atoms with Gasteiger partial charge >= 0.3 is 0 Å². The molecule has 130 valence electrons. The second-order valence-corrected chi connectivity index (χ2v) is 5.60. The van der Waals surface area contributed by atoms with Crippen LogP contribution in [0.5, 0.6) is 5.75 Å². The van der Waals surface area contributed by atoms with Crippen molar-refractivity contribution in [3.63, 3.8) is 0 Å². The molecule has 2 rings (SSSR count). The summed E-state index contributed by atoms with van der Waals surface area (Å²) in [5.74, 6) is 0.825. The van der Waals surface area contributed by atoms with E-state index in [2.05, 4.69) is 5.32 Å². The van der Waals surface area contributed by atoms with Crippen molar-refractivity contribution in [1.82, 2.24) is 10.2 Å². The molecule has 0 bridgehead atoms. The number of hydrogen-bond donors (Lipinski definition) is 1. The monoisotopic (exact) mass is 342 g/mol. The minimum absolute atomic E-state index is 0. The lowest BCUT2D eigenvalue weighted by molar-refractivity contribution is 0.0697. The Balaban J connectivity index is 0.00000264. The number of nitrogens with zero attached hydrogens (tertiary/aromatic N) is 1. The third-order valence-corrected chi connectivity index (χ3v) is 3.96. The Morgan fingerprint density at radius 3 is 2.96 bits per heavy atom. The number of nitrogens with one attached hydrogen (secondary N) is 1. The number of hydrogen-bond acceptors (Lipinski definition) is 4. The highest BCUT2D eigenvalue weighted by Crippen LogP contribution is 2.18. The molecule has 1 saturated heterocycles. The maximum absolute atomic E-state index is 12.6. The molecule has 23 heavy (non-hydrogen) atoms. The van der Waals surface area contributed by atoms with Crippen LogP contribution >= 0.6 is 12.4 Å². The van der Waals surface area contributed by atoms with Gasteiger partial charge < -0.3 is 19.7 Å². The molecule has 6 heteroatoms. The lowest BCUT2D eigenvalue weighted by atomic mass is 10.0. The van der Waals surface area contributed by atoms with E-state index in [0.29, 0.717) is 24.8 Å². The highest BCUT2D eigenvalue weighted by molar-refractivity contribution is 5.94. The molecule has 1 amide bonds. The second-order valence-electron chi connectivity index (χ2n) is 5.60. The van der Waals surface area contributed by atoms with Gasteiger partial charge in [0.15, 0.2) is 0 Å². The van der Waals surface area contributed by atoms with E-state index in [9.17, 15) is 4.79 Å². The van der Waals surface area contributed by atoms with E-state index >= 15 is 0 Å². The summed E-state index contributed by atoms with van der Waals surface area (Å²) in [5.41, 5.74) is 0.695. The van der Waals surface area contributed by atoms with Crippen molar-refractivity contribution in [2.75, 3.05) is 40.5 Å². The first-order chi connectivity index (χ1) is 10.7. The van der Waals surface area contributed by atoms with Gasteiger partial charge in [-0.2, -0.15) is 0 Å². The molecule has 1 heterocycles. The van der Waals surface area contributed by atoms with Crippen LogP contribution in [0, 0.1) is 0 Å². The number of likely N-dealkylation sites (N-methyl/N-ethyl adjacent to an activating group) is 1. The fourth-order valence-corrected chi connectivity index (χ4v) is 2.69. The topological polar surface area (TPSA) is 50.8 Å². The summed E-state index contributed by atoms with van der Waals surface area (Å²) in [6, 6.07) is 7.84. The van der Waals surface area contributed by atoms with Crippen molar-refractivity contribution >= 4 is 18.3 Å². The summed E-state index contributed by atoms with van der Waals surface area (Å²) in [6.45, 7) is 2.87. The Hall–Kier alpha value is -1.30. The number of halogens is 1. The van der Waals surface area contributed by atoms with Crippen LogP contribution in [0.1, 0.15) is 29.6 Å². The van der Waals surface area contributed by atoms with Gasteiger partial charge in [-0.15, -0.1) is 12.4 Å². The molecule has 0 aromatic heterocycles. The first kappa shape index (κ1) is 19.7. The maximum Gasteiger partial charge on any atom is 0.254 e. The smallest absolute Gasteiger partial charge is 0.254 e. The maximum atomic E-state index is 12.6. The van der Waals surface area contributed by atoms with Crippen LogP contribution < -0.4 is 10.1 Å². The van der Waals surface area contributed by atoms with Crippen LogP contribution in [0.15, 0.2) is 24.3 Å². The van der Waals surface area contributed by atoms with E-state index in [1.807, 2.05) is 36.2 Å². The number of carbonyl (C=O) groups is 1. The number of piperidine rings is 1. The molecule has 1 fully saturated rings. The summed E-state index contributed by atoms with van der Waals surface area (Å²) in [6.07, 6.45) is 3.01. The van der Waals surface area contributed by atoms with Crippen molar-refractivity contribution < 1.29 is 14.3 Å². The third kappa shape index (κ3) is 6.01. The molecule has 5 nitrogen and oxygen atoms in total. The molecule has 1 N–H and O–H groups in total. The standard InChI is InChI=1S/C17H26N2O3.ClH/c1-18-15-7-4-9-19(13-15)17(20)14-6-3-8-16(12-14)22-11-5-10-21-2;/h3,6,8,12,15,18H,4-5,7,9-11,13H2,1-2H3;1H. The van der Waals surface area contributed by atoms with Crippen molar-refractivity contribution in [3.05, 3.63) is 29.8 Å². The molecular formula is C17H27ClN2O3. The fraction of sp³-hybridized carbons (Fsp3) is 0.588. The molecule has 1 aliphatic heterocycles. The largest absolute Gasteiger partial charge is 0.493 e. The van der Waals surface area contributed by atoms with Crippen LogP contribution in [0.25, 0.3) is 0 Å². The van der Waals surface area contributed by atoms with Crippen molar-refractivity contribution in [2.24, 2.45) is 0 Å². The van der Waals surface area contributed by atoms with Crippen molar-refractivity contribution in [1.29, 1.82) is 0 Å². The predicted molar refractivity (Wildman–Crippen MR) is 93.7 cm³/mol. The molecular weight excluding hydrogens is 316 g/mol. The van der Waals surface area contributed by atoms with Gasteiger partial charge in [0.1, 0.15) is 5.75 Å². The molecule has 1 aromatic carbocycles. The first-order valence-electron chi connectivity index (χ1n) is 7.93. The van der Waals surface area contributed by atoms with Gasteiger partial charge in [-0.05, 0) is 38.1 Å². The number of likely N-dealkylation sites (tertiary alicyclic amines) is 1. The highest BCUT2D eigenvalue weighted by atomic mass is 35.5. The Kier molecular flexibility index (Phi) is 8.99. The van der Waals surface area contributed by atoms with Crippen LogP contribution in [0.3, 0.4) is 0 Å². The van der Waals surface area contributed by atoms with E-state index in [0.717, 1.165) is 38.1 Å². The molecule has 0 spiro atoms. The predicted octanol–water partition coefficient (Wildman–Crippen LogP) is 2.35. The Labute approximate surface area is 144 Å². The Morgan fingerprint density at radius 1 is 1.39 bits per heavy atom. The van der Waals surface area contributed by atoms with Gasteiger partial charge in [-0.1, -0.05) is 6.07 Å². The van der Waals surface area contributed by atoms with E-state index < -0.39 is 0 Å². The van der Waals surface area contributed by atoms with Gasteiger partial charge in [-0.3, -0.25) is 4.79 Å². The molecule has 1 atom stereocenters. The van der Waals surface area contributed by atoms with E-state index in [1.54, 1.807) is 7.11 Å². The van der Waals surface area contributed by atoms with Crippen LogP contribution in [0.2, 0.25) is 0 Å². The summed E-state index contributed by atoms with van der Waals surface area (Å²) < 4.78 is 10.7. The van der Waals surface area contributed by atoms with Gasteiger partial charge in [-0.25, -0.2) is 0 Å². The molecule has 0 radical (unpaired) electrons. The molecule has 1 aromatic rings.